The Balaban J connectivity index is 3.05. The fourth-order valence-corrected chi connectivity index (χ4v) is 1.64. The van der Waals surface area contributed by atoms with E-state index in [-0.39, 0.29) is 15.8 Å². The van der Waals surface area contributed by atoms with Gasteiger partial charge in [-0.1, -0.05) is 23.2 Å². The second kappa shape index (κ2) is 5.84. The van der Waals surface area contributed by atoms with E-state index >= 15 is 0 Å². The van der Waals surface area contributed by atoms with Gasteiger partial charge in [0.05, 0.1) is 10.0 Å². The second-order valence-electron chi connectivity index (χ2n) is 2.86. The Hall–Kier alpha value is -1.33. The number of aliphatic carboxylic acids is 1. The van der Waals surface area contributed by atoms with Crippen LogP contribution in [0.1, 0.15) is 5.56 Å². The Labute approximate surface area is 105 Å². The lowest BCUT2D eigenvalue weighted by Crippen LogP contribution is -2.03. The molecule has 0 saturated heterocycles. The first-order valence-corrected chi connectivity index (χ1v) is 5.00. The van der Waals surface area contributed by atoms with Crippen LogP contribution >= 0.6 is 23.2 Å². The number of rotatable bonds is 4. The molecular weight excluding hydrogens is 277 g/mol. The van der Waals surface area contributed by atoms with E-state index in [1.165, 1.54) is 18.2 Å². The molecule has 0 aliphatic heterocycles. The highest BCUT2D eigenvalue weighted by molar-refractivity contribution is 6.37. The number of hydrogen-bond acceptors (Lipinski definition) is 2. The average Bonchev–Trinajstić information content (AvgIpc) is 2.20. The van der Waals surface area contributed by atoms with Gasteiger partial charge in [0.15, 0.2) is 5.75 Å². The van der Waals surface area contributed by atoms with Crippen molar-refractivity contribution in [2.45, 2.75) is 6.61 Å². The number of benzene rings is 1. The number of ether oxygens (including phenoxy) is 1. The Morgan fingerprint density at radius 1 is 1.35 bits per heavy atom. The van der Waals surface area contributed by atoms with E-state index in [0.717, 1.165) is 6.08 Å². The van der Waals surface area contributed by atoms with Crippen molar-refractivity contribution in [1.82, 2.24) is 0 Å². The van der Waals surface area contributed by atoms with Crippen molar-refractivity contribution < 1.29 is 23.4 Å². The van der Waals surface area contributed by atoms with E-state index in [4.69, 9.17) is 28.3 Å². The van der Waals surface area contributed by atoms with Crippen LogP contribution in [-0.2, 0) is 4.79 Å². The van der Waals surface area contributed by atoms with Gasteiger partial charge in [-0.25, -0.2) is 4.79 Å². The van der Waals surface area contributed by atoms with E-state index < -0.39 is 12.6 Å². The van der Waals surface area contributed by atoms with Crippen molar-refractivity contribution in [3.05, 3.63) is 33.8 Å². The number of carbonyl (C=O) groups is 1. The number of carboxylic acid groups (broad SMARTS) is 1. The van der Waals surface area contributed by atoms with Gasteiger partial charge < -0.3 is 9.84 Å². The smallest absolute Gasteiger partial charge is 0.387 e. The molecule has 7 heteroatoms. The lowest BCUT2D eigenvalue weighted by Gasteiger charge is -2.09. The molecule has 0 amide bonds. The Bertz CT molecular complexity index is 438. The maximum atomic E-state index is 12.0. The number of carboxylic acids is 1. The van der Waals surface area contributed by atoms with Crippen LogP contribution < -0.4 is 4.74 Å². The van der Waals surface area contributed by atoms with Crippen LogP contribution in [0, 0.1) is 0 Å². The molecular formula is C10H6Cl2F2O3. The summed E-state index contributed by atoms with van der Waals surface area (Å²) >= 11 is 11.3. The average molecular weight is 283 g/mol. The topological polar surface area (TPSA) is 46.5 Å². The summed E-state index contributed by atoms with van der Waals surface area (Å²) in [6.07, 6.45) is 2.10. The van der Waals surface area contributed by atoms with Crippen molar-refractivity contribution in [3.63, 3.8) is 0 Å². The van der Waals surface area contributed by atoms with Gasteiger partial charge >= 0.3 is 12.6 Å². The van der Waals surface area contributed by atoms with Crippen molar-refractivity contribution in [2.24, 2.45) is 0 Å². The van der Waals surface area contributed by atoms with Crippen molar-refractivity contribution in [1.29, 1.82) is 0 Å². The molecule has 0 aromatic heterocycles. The molecule has 0 aliphatic carbocycles. The monoisotopic (exact) mass is 282 g/mol. The molecule has 0 fully saturated rings. The molecule has 92 valence electrons. The lowest BCUT2D eigenvalue weighted by molar-refractivity contribution is -0.131. The minimum atomic E-state index is -3.04. The molecule has 0 unspecified atom stereocenters. The van der Waals surface area contributed by atoms with Gasteiger partial charge in [0, 0.05) is 6.08 Å². The van der Waals surface area contributed by atoms with Crippen LogP contribution in [0.4, 0.5) is 8.78 Å². The minimum absolute atomic E-state index is 0.122. The molecule has 0 bridgehead atoms. The SMILES string of the molecule is O=C(O)/C=C/c1cc(Cl)c(OC(F)F)c(Cl)c1. The highest BCUT2D eigenvalue weighted by Crippen LogP contribution is 2.35. The van der Waals surface area contributed by atoms with Crippen molar-refractivity contribution >= 4 is 35.2 Å². The van der Waals surface area contributed by atoms with E-state index in [9.17, 15) is 13.6 Å². The van der Waals surface area contributed by atoms with Gasteiger partial charge in [0.1, 0.15) is 0 Å². The first-order chi connectivity index (χ1) is 7.90. The van der Waals surface area contributed by atoms with Gasteiger partial charge in [-0.3, -0.25) is 0 Å². The molecule has 0 atom stereocenters. The van der Waals surface area contributed by atoms with E-state index in [2.05, 4.69) is 4.74 Å². The molecule has 0 aliphatic rings. The van der Waals surface area contributed by atoms with Crippen molar-refractivity contribution in [3.8, 4) is 5.75 Å². The summed E-state index contributed by atoms with van der Waals surface area (Å²) in [7, 11) is 0. The van der Waals surface area contributed by atoms with Crippen LogP contribution in [0.15, 0.2) is 18.2 Å². The fourth-order valence-electron chi connectivity index (χ4n) is 1.04. The van der Waals surface area contributed by atoms with E-state index in [0.29, 0.717) is 5.56 Å². The fraction of sp³-hybridized carbons (Fsp3) is 0.100. The Morgan fingerprint density at radius 3 is 2.29 bits per heavy atom. The van der Waals surface area contributed by atoms with Crippen LogP contribution in [0.5, 0.6) is 5.75 Å². The first-order valence-electron chi connectivity index (χ1n) is 4.25. The van der Waals surface area contributed by atoms with E-state index in [1.54, 1.807) is 0 Å². The zero-order valence-electron chi connectivity index (χ0n) is 8.16. The Morgan fingerprint density at radius 2 is 1.88 bits per heavy atom. The van der Waals surface area contributed by atoms with Crippen LogP contribution in [0.25, 0.3) is 6.08 Å². The number of hydrogen-bond donors (Lipinski definition) is 1. The largest absolute Gasteiger partial charge is 0.478 e. The normalized spacial score (nSPS) is 11.1. The molecule has 17 heavy (non-hydrogen) atoms. The van der Waals surface area contributed by atoms with Crippen LogP contribution in [0.3, 0.4) is 0 Å². The quantitative estimate of drug-likeness (QED) is 0.857. The summed E-state index contributed by atoms with van der Waals surface area (Å²) in [5.41, 5.74) is 0.365. The zero-order chi connectivity index (χ0) is 13.0. The van der Waals surface area contributed by atoms with Crippen molar-refractivity contribution in [2.75, 3.05) is 0 Å². The third-order valence-corrected chi connectivity index (χ3v) is 2.21. The van der Waals surface area contributed by atoms with Gasteiger partial charge in [-0.2, -0.15) is 8.78 Å². The zero-order valence-corrected chi connectivity index (χ0v) is 9.67. The molecule has 3 nitrogen and oxygen atoms in total. The summed E-state index contributed by atoms with van der Waals surface area (Å²) in [4.78, 5) is 10.3. The van der Waals surface area contributed by atoms with E-state index in [1.807, 2.05) is 0 Å². The number of halogens is 4. The highest BCUT2D eigenvalue weighted by atomic mass is 35.5. The molecule has 0 spiro atoms. The van der Waals surface area contributed by atoms with Crippen LogP contribution in [-0.4, -0.2) is 17.7 Å². The van der Waals surface area contributed by atoms with Gasteiger partial charge in [0.2, 0.25) is 0 Å². The maximum absolute atomic E-state index is 12.0. The predicted octanol–water partition coefficient (Wildman–Crippen LogP) is 3.69. The molecule has 1 rings (SSSR count). The summed E-state index contributed by atoms with van der Waals surface area (Å²) in [6, 6.07) is 2.54. The predicted molar refractivity (Wildman–Crippen MR) is 59.8 cm³/mol. The molecule has 0 radical (unpaired) electrons. The molecule has 1 aromatic carbocycles. The van der Waals surface area contributed by atoms with Crippen LogP contribution in [0.2, 0.25) is 10.0 Å². The lowest BCUT2D eigenvalue weighted by atomic mass is 10.2. The second-order valence-corrected chi connectivity index (χ2v) is 3.68. The minimum Gasteiger partial charge on any atom is -0.478 e. The van der Waals surface area contributed by atoms with Gasteiger partial charge in [0.25, 0.3) is 0 Å². The summed E-state index contributed by atoms with van der Waals surface area (Å²) in [5, 5.41) is 8.17. The number of alkyl halides is 2. The van der Waals surface area contributed by atoms with Gasteiger partial charge in [-0.05, 0) is 23.8 Å². The highest BCUT2D eigenvalue weighted by Gasteiger charge is 2.13. The maximum Gasteiger partial charge on any atom is 0.387 e. The first kappa shape index (κ1) is 13.7. The standard InChI is InChI=1S/C10H6Cl2F2O3/c11-6-3-5(1-2-8(15)16)4-7(12)9(6)17-10(13)14/h1-4,10H,(H,15,16)/b2-1+. The summed E-state index contributed by atoms with van der Waals surface area (Å²) < 4.78 is 28.1. The third-order valence-electron chi connectivity index (χ3n) is 1.65. The third kappa shape index (κ3) is 4.20. The Kier molecular flexibility index (Phi) is 4.72. The summed E-state index contributed by atoms with van der Waals surface area (Å²) in [6.45, 7) is -3.04. The molecule has 1 N–H and O–H groups in total. The molecule has 0 saturated carbocycles. The molecule has 1 aromatic rings. The molecule has 0 heterocycles. The van der Waals surface area contributed by atoms with Gasteiger partial charge in [-0.15, -0.1) is 0 Å². The summed E-state index contributed by atoms with van der Waals surface area (Å²) in [5.74, 6) is -1.49.